The third-order valence-corrected chi connectivity index (χ3v) is 3.02. The lowest BCUT2D eigenvalue weighted by Crippen LogP contribution is -2.10. The lowest BCUT2D eigenvalue weighted by molar-refractivity contribution is 0.103. The average Bonchev–Trinajstić information content (AvgIpc) is 2.48. The highest BCUT2D eigenvalue weighted by Gasteiger charge is 2.10. The molecule has 0 aliphatic carbocycles. The molecule has 1 atom stereocenters. The fourth-order valence-corrected chi connectivity index (χ4v) is 2.05. The second-order valence-electron chi connectivity index (χ2n) is 4.62. The standard InChI is InChI=1S/C17H15NO2/c18-10-9-16(19)12-13-5-4-8-15(11-13)17(20)14-6-2-1-3-7-14/h1-8,11,16,19H,9,12H2. The molecule has 0 heterocycles. The van der Waals surface area contributed by atoms with Crippen LogP contribution in [-0.2, 0) is 6.42 Å². The van der Waals surface area contributed by atoms with E-state index in [1.807, 2.05) is 30.3 Å². The van der Waals surface area contributed by atoms with Crippen LogP contribution >= 0.6 is 0 Å². The van der Waals surface area contributed by atoms with Gasteiger partial charge in [0.2, 0.25) is 0 Å². The number of aliphatic hydroxyl groups is 1. The summed E-state index contributed by atoms with van der Waals surface area (Å²) in [6, 6.07) is 18.2. The first-order chi connectivity index (χ1) is 9.70. The minimum Gasteiger partial charge on any atom is -0.392 e. The second kappa shape index (κ2) is 6.65. The van der Waals surface area contributed by atoms with E-state index in [1.165, 1.54) is 0 Å². The van der Waals surface area contributed by atoms with Gasteiger partial charge in [-0.05, 0) is 18.1 Å². The highest BCUT2D eigenvalue weighted by Crippen LogP contribution is 2.13. The maximum Gasteiger partial charge on any atom is 0.193 e. The molecule has 1 N–H and O–H groups in total. The molecule has 0 aliphatic rings. The van der Waals surface area contributed by atoms with E-state index in [-0.39, 0.29) is 12.2 Å². The molecular weight excluding hydrogens is 250 g/mol. The van der Waals surface area contributed by atoms with Crippen molar-refractivity contribution >= 4 is 5.78 Å². The predicted molar refractivity (Wildman–Crippen MR) is 76.3 cm³/mol. The van der Waals surface area contributed by atoms with E-state index in [9.17, 15) is 9.90 Å². The van der Waals surface area contributed by atoms with E-state index in [1.54, 1.807) is 30.3 Å². The number of carbonyl (C=O) groups is 1. The van der Waals surface area contributed by atoms with Crippen LogP contribution in [0.2, 0.25) is 0 Å². The topological polar surface area (TPSA) is 61.1 Å². The predicted octanol–water partition coefficient (Wildman–Crippen LogP) is 2.73. The molecule has 0 aliphatic heterocycles. The smallest absolute Gasteiger partial charge is 0.193 e. The third-order valence-electron chi connectivity index (χ3n) is 3.02. The van der Waals surface area contributed by atoms with E-state index in [4.69, 9.17) is 5.26 Å². The number of benzene rings is 2. The molecule has 20 heavy (non-hydrogen) atoms. The zero-order valence-corrected chi connectivity index (χ0v) is 11.0. The fraction of sp³-hybridized carbons (Fsp3) is 0.176. The molecule has 0 amide bonds. The number of hydrogen-bond acceptors (Lipinski definition) is 3. The Morgan fingerprint density at radius 1 is 1.10 bits per heavy atom. The number of ketones is 1. The summed E-state index contributed by atoms with van der Waals surface area (Å²) < 4.78 is 0. The van der Waals surface area contributed by atoms with Gasteiger partial charge in [-0.3, -0.25) is 4.79 Å². The molecule has 3 nitrogen and oxygen atoms in total. The highest BCUT2D eigenvalue weighted by molar-refractivity contribution is 6.09. The van der Waals surface area contributed by atoms with Gasteiger partial charge in [0, 0.05) is 11.1 Å². The maximum absolute atomic E-state index is 12.3. The molecule has 100 valence electrons. The first-order valence-electron chi connectivity index (χ1n) is 6.44. The molecule has 3 heteroatoms. The zero-order chi connectivity index (χ0) is 14.4. The van der Waals surface area contributed by atoms with Crippen LogP contribution in [0.15, 0.2) is 54.6 Å². The normalized spacial score (nSPS) is 11.6. The molecule has 1 unspecified atom stereocenters. The molecule has 0 radical (unpaired) electrons. The Morgan fingerprint density at radius 3 is 2.50 bits per heavy atom. The second-order valence-corrected chi connectivity index (χ2v) is 4.62. The lowest BCUT2D eigenvalue weighted by atomic mass is 9.99. The van der Waals surface area contributed by atoms with Gasteiger partial charge in [0.25, 0.3) is 0 Å². The van der Waals surface area contributed by atoms with Crippen LogP contribution in [0, 0.1) is 11.3 Å². The van der Waals surface area contributed by atoms with Crippen LogP contribution in [0.1, 0.15) is 27.9 Å². The van der Waals surface area contributed by atoms with Gasteiger partial charge in [0.15, 0.2) is 5.78 Å². The van der Waals surface area contributed by atoms with Crippen molar-refractivity contribution in [3.8, 4) is 6.07 Å². The van der Waals surface area contributed by atoms with Crippen LogP contribution in [0.5, 0.6) is 0 Å². The summed E-state index contributed by atoms with van der Waals surface area (Å²) in [5, 5.41) is 18.2. The quantitative estimate of drug-likeness (QED) is 0.845. The summed E-state index contributed by atoms with van der Waals surface area (Å²) in [4.78, 5) is 12.3. The van der Waals surface area contributed by atoms with Crippen molar-refractivity contribution in [3.63, 3.8) is 0 Å². The first-order valence-corrected chi connectivity index (χ1v) is 6.44. The summed E-state index contributed by atoms with van der Waals surface area (Å²) in [5.74, 6) is -0.0396. The number of nitrogens with zero attached hydrogens (tertiary/aromatic N) is 1. The van der Waals surface area contributed by atoms with Gasteiger partial charge in [-0.2, -0.15) is 5.26 Å². The van der Waals surface area contributed by atoms with E-state index in [0.29, 0.717) is 17.5 Å². The third kappa shape index (κ3) is 3.53. The number of aliphatic hydroxyl groups excluding tert-OH is 1. The van der Waals surface area contributed by atoms with Crippen molar-refractivity contribution < 1.29 is 9.90 Å². The van der Waals surface area contributed by atoms with Crippen molar-refractivity contribution in [3.05, 3.63) is 71.3 Å². The summed E-state index contributed by atoms with van der Waals surface area (Å²) in [7, 11) is 0. The molecule has 0 bridgehead atoms. The Kier molecular flexibility index (Phi) is 4.65. The van der Waals surface area contributed by atoms with Gasteiger partial charge in [-0.25, -0.2) is 0 Å². The SMILES string of the molecule is N#CCC(O)Cc1cccc(C(=O)c2ccccc2)c1. The molecule has 0 fully saturated rings. The Hall–Kier alpha value is -2.44. The van der Waals surface area contributed by atoms with Crippen LogP contribution in [0.3, 0.4) is 0 Å². The Balaban J connectivity index is 2.18. The Morgan fingerprint density at radius 2 is 1.80 bits per heavy atom. The average molecular weight is 265 g/mol. The van der Waals surface area contributed by atoms with Gasteiger partial charge in [-0.1, -0.05) is 48.5 Å². The molecule has 2 rings (SSSR count). The van der Waals surface area contributed by atoms with E-state index < -0.39 is 6.10 Å². The van der Waals surface area contributed by atoms with Crippen molar-refractivity contribution in [1.29, 1.82) is 5.26 Å². The van der Waals surface area contributed by atoms with Gasteiger partial charge in [-0.15, -0.1) is 0 Å². The Labute approximate surface area is 118 Å². The van der Waals surface area contributed by atoms with Crippen LogP contribution < -0.4 is 0 Å². The fourth-order valence-electron chi connectivity index (χ4n) is 2.05. The van der Waals surface area contributed by atoms with Gasteiger partial charge >= 0.3 is 0 Å². The zero-order valence-electron chi connectivity index (χ0n) is 11.0. The van der Waals surface area contributed by atoms with E-state index >= 15 is 0 Å². The van der Waals surface area contributed by atoms with Gasteiger partial charge in [0.1, 0.15) is 0 Å². The molecule has 0 spiro atoms. The summed E-state index contributed by atoms with van der Waals surface area (Å²) in [5.41, 5.74) is 2.09. The van der Waals surface area contributed by atoms with Gasteiger partial charge in [0.05, 0.1) is 18.6 Å². The highest BCUT2D eigenvalue weighted by atomic mass is 16.3. The number of nitriles is 1. The molecule has 0 aromatic heterocycles. The molecule has 0 saturated carbocycles. The minimum atomic E-state index is -0.693. The van der Waals surface area contributed by atoms with E-state index in [2.05, 4.69) is 0 Å². The summed E-state index contributed by atoms with van der Waals surface area (Å²) in [6.45, 7) is 0. The lowest BCUT2D eigenvalue weighted by Gasteiger charge is -2.08. The Bertz CT molecular complexity index is 629. The molecule has 2 aromatic rings. The monoisotopic (exact) mass is 265 g/mol. The molecule has 0 saturated heterocycles. The largest absolute Gasteiger partial charge is 0.392 e. The van der Waals surface area contributed by atoms with Gasteiger partial charge < -0.3 is 5.11 Å². The van der Waals surface area contributed by atoms with Crippen molar-refractivity contribution in [2.75, 3.05) is 0 Å². The van der Waals surface area contributed by atoms with Crippen molar-refractivity contribution in [2.45, 2.75) is 18.9 Å². The van der Waals surface area contributed by atoms with Crippen LogP contribution in [0.4, 0.5) is 0 Å². The maximum atomic E-state index is 12.3. The minimum absolute atomic E-state index is 0.0396. The summed E-state index contributed by atoms with van der Waals surface area (Å²) in [6.07, 6.45) is -0.220. The van der Waals surface area contributed by atoms with Crippen molar-refractivity contribution in [2.24, 2.45) is 0 Å². The molecule has 2 aromatic carbocycles. The van der Waals surface area contributed by atoms with Crippen LogP contribution in [0.25, 0.3) is 0 Å². The number of hydrogen-bond donors (Lipinski definition) is 1. The summed E-state index contributed by atoms with van der Waals surface area (Å²) >= 11 is 0. The first kappa shape index (κ1) is 14.0. The van der Waals surface area contributed by atoms with E-state index in [0.717, 1.165) is 5.56 Å². The van der Waals surface area contributed by atoms with Crippen molar-refractivity contribution in [1.82, 2.24) is 0 Å². The van der Waals surface area contributed by atoms with Crippen LogP contribution in [-0.4, -0.2) is 17.0 Å². The number of rotatable bonds is 5. The molecular formula is C17H15NO2. The number of carbonyl (C=O) groups excluding carboxylic acids is 1.